The lowest BCUT2D eigenvalue weighted by Crippen LogP contribution is -2.61. The zero-order valence-electron chi connectivity index (χ0n) is 11.2. The van der Waals surface area contributed by atoms with E-state index in [1.54, 1.807) is 0 Å². The number of fused-ring (bicyclic) bond motifs is 4. The summed E-state index contributed by atoms with van der Waals surface area (Å²) in [7, 11) is 0. The third-order valence-corrected chi connectivity index (χ3v) is 5.44. The summed E-state index contributed by atoms with van der Waals surface area (Å²) in [5, 5.41) is 0. The fourth-order valence-electron chi connectivity index (χ4n) is 4.36. The van der Waals surface area contributed by atoms with Crippen molar-refractivity contribution in [3.05, 3.63) is 29.8 Å². The summed E-state index contributed by atoms with van der Waals surface area (Å²) in [5.41, 5.74) is 15.6. The fraction of sp³-hybridized carbons (Fsp3) is 0.600. The van der Waals surface area contributed by atoms with Crippen LogP contribution in [-0.4, -0.2) is 31.1 Å². The molecule has 2 bridgehead atoms. The smallest absolute Gasteiger partial charge is 0.0804 e. The van der Waals surface area contributed by atoms with Crippen LogP contribution in [0.15, 0.2) is 24.3 Å². The van der Waals surface area contributed by atoms with Crippen molar-refractivity contribution in [1.29, 1.82) is 0 Å². The summed E-state index contributed by atoms with van der Waals surface area (Å²) in [6.07, 6.45) is 2.66. The summed E-state index contributed by atoms with van der Waals surface area (Å²) < 4.78 is 0. The van der Waals surface area contributed by atoms with Gasteiger partial charge in [0.25, 0.3) is 0 Å². The molecule has 3 saturated heterocycles. The number of nitrogens with zero attached hydrogens (tertiary/aromatic N) is 1. The van der Waals surface area contributed by atoms with Crippen molar-refractivity contribution >= 4 is 5.69 Å². The van der Waals surface area contributed by atoms with Gasteiger partial charge in [0.2, 0.25) is 0 Å². The van der Waals surface area contributed by atoms with Crippen LogP contribution >= 0.6 is 0 Å². The molecule has 2 unspecified atom stereocenters. The van der Waals surface area contributed by atoms with Gasteiger partial charge in [0.05, 0.1) is 11.2 Å². The number of nitrogens with two attached hydrogens (primary N) is 1. The Morgan fingerprint density at radius 1 is 1.26 bits per heavy atom. The third-order valence-electron chi connectivity index (χ3n) is 5.44. The van der Waals surface area contributed by atoms with E-state index < -0.39 is 0 Å². The lowest BCUT2D eigenvalue weighted by Gasteiger charge is -2.51. The minimum atomic E-state index is -0.0830. The van der Waals surface area contributed by atoms with Gasteiger partial charge in [-0.25, -0.2) is 5.43 Å². The number of nitrogens with one attached hydrogen (secondary N) is 2. The van der Waals surface area contributed by atoms with E-state index in [9.17, 15) is 0 Å². The Bertz CT molecular complexity index is 481. The Morgan fingerprint density at radius 2 is 2.05 bits per heavy atom. The first kappa shape index (κ1) is 11.7. The number of piperidine rings is 3. The number of para-hydroxylation sites is 1. The molecular formula is C15H22N4. The highest BCUT2D eigenvalue weighted by Gasteiger charge is 2.50. The van der Waals surface area contributed by atoms with Crippen LogP contribution in [-0.2, 0) is 5.54 Å². The molecule has 4 aliphatic heterocycles. The molecule has 0 saturated carbocycles. The average Bonchev–Trinajstić information content (AvgIpc) is 2.88. The first-order valence-corrected chi connectivity index (χ1v) is 7.38. The summed E-state index contributed by atoms with van der Waals surface area (Å²) >= 11 is 0. The van der Waals surface area contributed by atoms with E-state index in [0.717, 1.165) is 5.92 Å². The second-order valence-electron chi connectivity index (χ2n) is 6.22. The van der Waals surface area contributed by atoms with Crippen LogP contribution in [0.3, 0.4) is 0 Å². The maximum absolute atomic E-state index is 6.23. The van der Waals surface area contributed by atoms with E-state index >= 15 is 0 Å². The molecule has 0 aromatic heterocycles. The number of anilines is 1. The van der Waals surface area contributed by atoms with Gasteiger partial charge >= 0.3 is 0 Å². The minimum Gasteiger partial charge on any atom is -0.328 e. The molecule has 4 heteroatoms. The summed E-state index contributed by atoms with van der Waals surface area (Å²) in [6, 6.07) is 8.57. The Morgan fingerprint density at radius 3 is 2.74 bits per heavy atom. The molecule has 4 N–H and O–H groups in total. The largest absolute Gasteiger partial charge is 0.328 e. The number of benzene rings is 1. The average molecular weight is 258 g/mol. The molecule has 1 aromatic rings. The van der Waals surface area contributed by atoms with Gasteiger partial charge in [-0.2, -0.15) is 0 Å². The molecule has 0 amide bonds. The summed E-state index contributed by atoms with van der Waals surface area (Å²) in [4.78, 5) is 2.60. The van der Waals surface area contributed by atoms with Crippen molar-refractivity contribution in [3.63, 3.8) is 0 Å². The molecule has 0 spiro atoms. The predicted octanol–water partition coefficient (Wildman–Crippen LogP) is 1.11. The van der Waals surface area contributed by atoms with E-state index in [1.165, 1.54) is 43.7 Å². The van der Waals surface area contributed by atoms with Crippen LogP contribution in [0.4, 0.5) is 5.69 Å². The maximum atomic E-state index is 6.23. The highest BCUT2D eigenvalue weighted by Crippen LogP contribution is 2.46. The molecule has 1 aromatic carbocycles. The summed E-state index contributed by atoms with van der Waals surface area (Å²) in [6.45, 7) is 4.39. The Balaban J connectivity index is 1.75. The highest BCUT2D eigenvalue weighted by atomic mass is 15.4. The SMILES string of the molecule is NCC1(C2CN3CCC2CC3)NNc2ccccc21. The van der Waals surface area contributed by atoms with Gasteiger partial charge in [0.15, 0.2) is 0 Å². The van der Waals surface area contributed by atoms with E-state index in [-0.39, 0.29) is 5.54 Å². The van der Waals surface area contributed by atoms with E-state index in [1.807, 2.05) is 0 Å². The van der Waals surface area contributed by atoms with Gasteiger partial charge in [0, 0.05) is 13.1 Å². The van der Waals surface area contributed by atoms with Gasteiger partial charge in [-0.3, -0.25) is 0 Å². The highest BCUT2D eigenvalue weighted by molar-refractivity contribution is 5.58. The maximum Gasteiger partial charge on any atom is 0.0804 e. The van der Waals surface area contributed by atoms with Crippen molar-refractivity contribution in [2.24, 2.45) is 17.6 Å². The van der Waals surface area contributed by atoms with E-state index in [0.29, 0.717) is 12.5 Å². The summed E-state index contributed by atoms with van der Waals surface area (Å²) in [5.74, 6) is 1.44. The zero-order chi connectivity index (χ0) is 12.9. The topological polar surface area (TPSA) is 53.3 Å². The van der Waals surface area contributed by atoms with Gasteiger partial charge < -0.3 is 16.1 Å². The fourth-order valence-corrected chi connectivity index (χ4v) is 4.36. The molecule has 4 nitrogen and oxygen atoms in total. The molecule has 5 rings (SSSR count). The van der Waals surface area contributed by atoms with Crippen LogP contribution in [0.2, 0.25) is 0 Å². The van der Waals surface area contributed by atoms with Crippen molar-refractivity contribution in [3.8, 4) is 0 Å². The van der Waals surface area contributed by atoms with E-state index in [2.05, 4.69) is 40.0 Å². The molecule has 0 aliphatic carbocycles. The minimum absolute atomic E-state index is 0.0830. The van der Waals surface area contributed by atoms with Gasteiger partial charge in [0.1, 0.15) is 0 Å². The Labute approximate surface area is 114 Å². The zero-order valence-corrected chi connectivity index (χ0v) is 11.2. The van der Waals surface area contributed by atoms with Crippen molar-refractivity contribution in [2.75, 3.05) is 31.6 Å². The molecular weight excluding hydrogens is 236 g/mol. The lowest BCUT2D eigenvalue weighted by atomic mass is 9.66. The van der Waals surface area contributed by atoms with Gasteiger partial charge in [-0.1, -0.05) is 18.2 Å². The first-order valence-electron chi connectivity index (χ1n) is 7.38. The van der Waals surface area contributed by atoms with Crippen LogP contribution in [0.25, 0.3) is 0 Å². The molecule has 0 radical (unpaired) electrons. The monoisotopic (exact) mass is 258 g/mol. The second kappa shape index (κ2) is 4.20. The Kier molecular flexibility index (Phi) is 2.59. The van der Waals surface area contributed by atoms with Crippen molar-refractivity contribution in [1.82, 2.24) is 10.3 Å². The predicted molar refractivity (Wildman–Crippen MR) is 76.6 cm³/mol. The molecule has 4 aliphatic rings. The first-order chi connectivity index (χ1) is 9.33. The molecule has 102 valence electrons. The number of hydrazine groups is 1. The van der Waals surface area contributed by atoms with Crippen LogP contribution < -0.4 is 16.6 Å². The number of hydrogen-bond acceptors (Lipinski definition) is 4. The Hall–Kier alpha value is -1.10. The van der Waals surface area contributed by atoms with Crippen LogP contribution in [0.1, 0.15) is 18.4 Å². The third kappa shape index (κ3) is 1.57. The quantitative estimate of drug-likeness (QED) is 0.744. The normalized spacial score (nSPS) is 39.9. The lowest BCUT2D eigenvalue weighted by molar-refractivity contribution is 0.000841. The molecule has 2 atom stereocenters. The molecule has 3 fully saturated rings. The number of hydrogen-bond donors (Lipinski definition) is 3. The van der Waals surface area contributed by atoms with Crippen LogP contribution in [0.5, 0.6) is 0 Å². The number of rotatable bonds is 2. The molecule has 19 heavy (non-hydrogen) atoms. The second-order valence-corrected chi connectivity index (χ2v) is 6.22. The van der Waals surface area contributed by atoms with Gasteiger partial charge in [-0.15, -0.1) is 0 Å². The standard InChI is InChI=1S/C15H22N4/c16-10-15(12-3-1-2-4-14(12)17-18-15)13-9-19-7-5-11(13)6-8-19/h1-4,11,13,17-18H,5-10,16H2. The van der Waals surface area contributed by atoms with Crippen molar-refractivity contribution in [2.45, 2.75) is 18.4 Å². The van der Waals surface area contributed by atoms with E-state index in [4.69, 9.17) is 5.73 Å². The van der Waals surface area contributed by atoms with Crippen LogP contribution in [0, 0.1) is 11.8 Å². The van der Waals surface area contributed by atoms with Gasteiger partial charge in [-0.05, 0) is 49.4 Å². The van der Waals surface area contributed by atoms with Crippen molar-refractivity contribution < 1.29 is 0 Å². The molecule has 4 heterocycles.